The molecule has 1 N–H and O–H groups in total. The predicted octanol–water partition coefficient (Wildman–Crippen LogP) is 1.74. The zero-order valence-corrected chi connectivity index (χ0v) is 7.27. The van der Waals surface area contributed by atoms with Crippen LogP contribution in [0.4, 0.5) is 8.78 Å². The number of pyridine rings is 1. The van der Waals surface area contributed by atoms with E-state index in [1.165, 1.54) is 6.20 Å². The van der Waals surface area contributed by atoms with Crippen molar-refractivity contribution in [2.45, 2.75) is 6.61 Å². The molecule has 1 aromatic heterocycles. The average Bonchev–Trinajstić information content (AvgIpc) is 1.96. The number of hydrogen-bond donors (Lipinski definition) is 1. The Labute approximate surface area is 74.5 Å². The highest BCUT2D eigenvalue weighted by Gasteiger charge is 2.07. The number of aromatic amines is 1. The molecule has 0 aliphatic heterocycles. The molecule has 6 heteroatoms. The van der Waals surface area contributed by atoms with Crippen molar-refractivity contribution >= 4 is 15.9 Å². The molecule has 0 bridgehead atoms. The second-order valence-electron chi connectivity index (χ2n) is 1.89. The largest absolute Gasteiger partial charge is 0.433 e. The number of H-pyrrole nitrogens is 1. The van der Waals surface area contributed by atoms with Gasteiger partial charge in [-0.1, -0.05) is 0 Å². The van der Waals surface area contributed by atoms with Gasteiger partial charge in [-0.25, -0.2) is 0 Å². The van der Waals surface area contributed by atoms with Crippen molar-refractivity contribution in [1.29, 1.82) is 0 Å². The first-order valence-corrected chi connectivity index (χ1v) is 3.72. The summed E-state index contributed by atoms with van der Waals surface area (Å²) in [5, 5.41) is 0. The van der Waals surface area contributed by atoms with Gasteiger partial charge in [-0.2, -0.15) is 8.78 Å². The first kappa shape index (κ1) is 9.18. The van der Waals surface area contributed by atoms with Gasteiger partial charge in [-0.05, 0) is 15.9 Å². The summed E-state index contributed by atoms with van der Waals surface area (Å²) in [5.74, 6) is -0.172. The minimum Gasteiger partial charge on any atom is -0.433 e. The Bertz CT molecular complexity index is 326. The van der Waals surface area contributed by atoms with Gasteiger partial charge in [0.2, 0.25) is 0 Å². The van der Waals surface area contributed by atoms with Crippen LogP contribution in [0.5, 0.6) is 5.75 Å². The molecule has 0 amide bonds. The van der Waals surface area contributed by atoms with Crippen LogP contribution in [0.2, 0.25) is 0 Å². The van der Waals surface area contributed by atoms with Crippen molar-refractivity contribution in [1.82, 2.24) is 4.98 Å². The molecule has 0 aliphatic rings. The molecule has 3 nitrogen and oxygen atoms in total. The second kappa shape index (κ2) is 3.66. The van der Waals surface area contributed by atoms with Crippen molar-refractivity contribution in [3.05, 3.63) is 27.1 Å². The topological polar surface area (TPSA) is 42.1 Å². The Morgan fingerprint density at radius 3 is 2.83 bits per heavy atom. The van der Waals surface area contributed by atoms with Gasteiger partial charge in [0.05, 0.1) is 4.47 Å². The highest BCUT2D eigenvalue weighted by Crippen LogP contribution is 2.22. The fraction of sp³-hybridized carbons (Fsp3) is 0.167. The third-order valence-corrected chi connectivity index (χ3v) is 1.67. The van der Waals surface area contributed by atoms with E-state index >= 15 is 0 Å². The van der Waals surface area contributed by atoms with Gasteiger partial charge in [-0.3, -0.25) is 4.79 Å². The van der Waals surface area contributed by atoms with Gasteiger partial charge < -0.3 is 9.72 Å². The molecular weight excluding hydrogens is 236 g/mol. The van der Waals surface area contributed by atoms with Crippen LogP contribution in [0.3, 0.4) is 0 Å². The smallest absolute Gasteiger partial charge is 0.387 e. The van der Waals surface area contributed by atoms with Crippen LogP contribution in [0.25, 0.3) is 0 Å². The van der Waals surface area contributed by atoms with E-state index in [9.17, 15) is 13.6 Å². The maximum atomic E-state index is 11.7. The summed E-state index contributed by atoms with van der Waals surface area (Å²) in [6, 6.07) is 0.941. The number of nitrogens with one attached hydrogen (secondary N) is 1. The molecule has 0 radical (unpaired) electrons. The summed E-state index contributed by atoms with van der Waals surface area (Å²) >= 11 is 2.93. The van der Waals surface area contributed by atoms with Crippen LogP contribution in [0.1, 0.15) is 0 Å². The summed E-state index contributed by atoms with van der Waals surface area (Å²) in [6.07, 6.45) is 1.24. The average molecular weight is 240 g/mol. The molecule has 0 fully saturated rings. The monoisotopic (exact) mass is 239 g/mol. The standard InChI is InChI=1S/C6H4BrF2NO2/c7-3-2-10-5(11)1-4(3)12-6(8)9/h1-2,6H,(H,10,11). The van der Waals surface area contributed by atoms with Gasteiger partial charge in [0.25, 0.3) is 5.56 Å². The van der Waals surface area contributed by atoms with Crippen LogP contribution < -0.4 is 10.3 Å². The molecule has 0 aliphatic carbocycles. The minimum absolute atomic E-state index is 0.172. The summed E-state index contributed by atoms with van der Waals surface area (Å²) in [5.41, 5.74) is -0.492. The van der Waals surface area contributed by atoms with E-state index in [0.717, 1.165) is 6.07 Å². The van der Waals surface area contributed by atoms with Gasteiger partial charge in [-0.15, -0.1) is 0 Å². The SMILES string of the molecule is O=c1cc(OC(F)F)c(Br)c[nH]1. The molecule has 1 rings (SSSR count). The number of alkyl halides is 2. The van der Waals surface area contributed by atoms with Crippen LogP contribution in [-0.4, -0.2) is 11.6 Å². The van der Waals surface area contributed by atoms with E-state index in [1.54, 1.807) is 0 Å². The maximum Gasteiger partial charge on any atom is 0.387 e. The number of ether oxygens (including phenoxy) is 1. The second-order valence-corrected chi connectivity index (χ2v) is 2.74. The summed E-state index contributed by atoms with van der Waals surface area (Å²) in [7, 11) is 0. The normalized spacial score (nSPS) is 10.3. The summed E-state index contributed by atoms with van der Waals surface area (Å²) in [4.78, 5) is 12.9. The van der Waals surface area contributed by atoms with Gasteiger partial charge >= 0.3 is 6.61 Å². The Balaban J connectivity index is 2.97. The molecule has 0 aromatic carbocycles. The van der Waals surface area contributed by atoms with Crippen molar-refractivity contribution in [2.75, 3.05) is 0 Å². The third-order valence-electron chi connectivity index (χ3n) is 1.05. The fourth-order valence-corrected chi connectivity index (χ4v) is 0.944. The molecule has 12 heavy (non-hydrogen) atoms. The van der Waals surface area contributed by atoms with Crippen molar-refractivity contribution < 1.29 is 13.5 Å². The molecule has 0 unspecified atom stereocenters. The molecule has 0 saturated heterocycles. The highest BCUT2D eigenvalue weighted by atomic mass is 79.9. The lowest BCUT2D eigenvalue weighted by Gasteiger charge is -2.04. The van der Waals surface area contributed by atoms with Crippen LogP contribution >= 0.6 is 15.9 Å². The Kier molecular flexibility index (Phi) is 2.80. The number of halogens is 3. The lowest BCUT2D eigenvalue weighted by atomic mass is 10.4. The quantitative estimate of drug-likeness (QED) is 0.855. The van der Waals surface area contributed by atoms with E-state index in [1.807, 2.05) is 0 Å². The third kappa shape index (κ3) is 2.30. The lowest BCUT2D eigenvalue weighted by molar-refractivity contribution is -0.0504. The Morgan fingerprint density at radius 2 is 2.25 bits per heavy atom. The van der Waals surface area contributed by atoms with Crippen molar-refractivity contribution in [3.8, 4) is 5.75 Å². The van der Waals surface area contributed by atoms with Gasteiger partial charge in [0, 0.05) is 12.3 Å². The summed E-state index contributed by atoms with van der Waals surface area (Å²) in [6.45, 7) is -2.93. The van der Waals surface area contributed by atoms with Crippen molar-refractivity contribution in [3.63, 3.8) is 0 Å². The van der Waals surface area contributed by atoms with E-state index in [2.05, 4.69) is 25.7 Å². The van der Waals surface area contributed by atoms with Crippen LogP contribution in [-0.2, 0) is 0 Å². The van der Waals surface area contributed by atoms with E-state index in [4.69, 9.17) is 0 Å². The first-order chi connectivity index (χ1) is 5.59. The molecule has 0 atom stereocenters. The highest BCUT2D eigenvalue weighted by molar-refractivity contribution is 9.10. The van der Waals surface area contributed by atoms with E-state index in [-0.39, 0.29) is 10.2 Å². The Morgan fingerprint density at radius 1 is 1.58 bits per heavy atom. The molecule has 0 spiro atoms. The lowest BCUT2D eigenvalue weighted by Crippen LogP contribution is -2.08. The Hall–Kier alpha value is -0.910. The zero-order valence-electron chi connectivity index (χ0n) is 5.68. The summed E-state index contributed by atoms with van der Waals surface area (Å²) < 4.78 is 27.7. The molecule has 1 heterocycles. The van der Waals surface area contributed by atoms with E-state index in [0.29, 0.717) is 0 Å². The number of hydrogen-bond acceptors (Lipinski definition) is 2. The molecule has 66 valence electrons. The fourth-order valence-electron chi connectivity index (χ4n) is 0.622. The van der Waals surface area contributed by atoms with Crippen molar-refractivity contribution in [2.24, 2.45) is 0 Å². The number of aromatic nitrogens is 1. The predicted molar refractivity (Wildman–Crippen MR) is 41.4 cm³/mol. The first-order valence-electron chi connectivity index (χ1n) is 2.92. The van der Waals surface area contributed by atoms with Gasteiger partial charge in [0.15, 0.2) is 0 Å². The minimum atomic E-state index is -2.93. The van der Waals surface area contributed by atoms with E-state index < -0.39 is 12.2 Å². The van der Waals surface area contributed by atoms with Crippen LogP contribution in [0, 0.1) is 0 Å². The zero-order chi connectivity index (χ0) is 9.14. The van der Waals surface area contributed by atoms with Gasteiger partial charge in [0.1, 0.15) is 5.75 Å². The molecular formula is C6H4BrF2NO2. The maximum absolute atomic E-state index is 11.7. The van der Waals surface area contributed by atoms with Crippen LogP contribution in [0.15, 0.2) is 21.5 Å². The molecule has 0 saturated carbocycles. The molecule has 1 aromatic rings. The number of rotatable bonds is 2.